The molecule has 1 saturated carbocycles. The number of aromatic hydroxyl groups is 1. The van der Waals surface area contributed by atoms with Crippen LogP contribution in [0.25, 0.3) is 15.6 Å². The van der Waals surface area contributed by atoms with Crippen LogP contribution in [0, 0.1) is 12.5 Å². The third-order valence-electron chi connectivity index (χ3n) is 8.01. The van der Waals surface area contributed by atoms with E-state index >= 15 is 0 Å². The summed E-state index contributed by atoms with van der Waals surface area (Å²) in [7, 11) is 0. The molecule has 3 N–H and O–H groups in total. The van der Waals surface area contributed by atoms with Gasteiger partial charge in [-0.2, -0.15) is 0 Å². The van der Waals surface area contributed by atoms with Crippen molar-refractivity contribution >= 4 is 51.8 Å². The average Bonchev–Trinajstić information content (AvgIpc) is 3.80. The van der Waals surface area contributed by atoms with Crippen LogP contribution in [-0.2, 0) is 36.9 Å². The molecule has 0 radical (unpaired) electrons. The quantitative estimate of drug-likeness (QED) is 0.251. The Kier molecular flexibility index (Phi) is 10.1. The molecule has 14 heteroatoms. The van der Waals surface area contributed by atoms with Crippen molar-refractivity contribution in [1.29, 1.82) is 0 Å². The molecule has 2 fully saturated rings. The highest BCUT2D eigenvalue weighted by atomic mass is 16.6. The third kappa shape index (κ3) is 8.53. The van der Waals surface area contributed by atoms with Gasteiger partial charge in [-0.1, -0.05) is 12.1 Å². The molecule has 2 aliphatic rings. The van der Waals surface area contributed by atoms with Crippen molar-refractivity contribution in [3.05, 3.63) is 59.6 Å². The first-order valence-electron chi connectivity index (χ1n) is 16.4. The van der Waals surface area contributed by atoms with Crippen LogP contribution >= 0.6 is 0 Å². The summed E-state index contributed by atoms with van der Waals surface area (Å²) in [6.07, 6.45) is -1.27. The second-order valence-electron chi connectivity index (χ2n) is 14.5. The Bertz CT molecular complexity index is 1820. The summed E-state index contributed by atoms with van der Waals surface area (Å²) in [6, 6.07) is 9.45. The predicted molar refractivity (Wildman–Crippen MR) is 184 cm³/mol. The number of morpholine rings is 1. The number of amides is 4. The Morgan fingerprint density at radius 1 is 1.06 bits per heavy atom. The van der Waals surface area contributed by atoms with Crippen molar-refractivity contribution in [2.45, 2.75) is 90.9 Å². The van der Waals surface area contributed by atoms with E-state index in [0.29, 0.717) is 17.0 Å². The number of benzene rings is 2. The second kappa shape index (κ2) is 14.0. The van der Waals surface area contributed by atoms with Crippen LogP contribution in [0.5, 0.6) is 5.88 Å². The summed E-state index contributed by atoms with van der Waals surface area (Å²) < 4.78 is 18.2. The number of fused-ring (bicyclic) bond motifs is 1. The fourth-order valence-corrected chi connectivity index (χ4v) is 5.47. The summed E-state index contributed by atoms with van der Waals surface area (Å²) >= 11 is 0. The van der Waals surface area contributed by atoms with E-state index in [-0.39, 0.29) is 36.0 Å². The zero-order valence-electron chi connectivity index (χ0n) is 29.1. The number of rotatable bonds is 8. The second-order valence-corrected chi connectivity index (χ2v) is 14.5. The van der Waals surface area contributed by atoms with Crippen molar-refractivity contribution in [2.24, 2.45) is 5.92 Å². The smallest absolute Gasteiger partial charge is 0.420 e. The highest BCUT2D eigenvalue weighted by Crippen LogP contribution is 2.37. The first-order chi connectivity index (χ1) is 23.4. The molecular formula is C36H43N5O9. The molecule has 1 aromatic heterocycles. The van der Waals surface area contributed by atoms with E-state index in [1.165, 1.54) is 23.1 Å². The molecule has 266 valence electrons. The minimum Gasteiger partial charge on any atom is -0.494 e. The van der Waals surface area contributed by atoms with Crippen LogP contribution in [0.15, 0.2) is 42.6 Å². The maximum absolute atomic E-state index is 13.6. The Labute approximate surface area is 290 Å². The van der Waals surface area contributed by atoms with Gasteiger partial charge < -0.3 is 39.2 Å². The number of aromatic nitrogens is 1. The van der Waals surface area contributed by atoms with Gasteiger partial charge in [0.1, 0.15) is 11.2 Å². The summed E-state index contributed by atoms with van der Waals surface area (Å²) in [4.78, 5) is 58.6. The third-order valence-corrected chi connectivity index (χ3v) is 8.01. The highest BCUT2D eigenvalue weighted by Gasteiger charge is 2.40. The van der Waals surface area contributed by atoms with Crippen molar-refractivity contribution in [2.75, 3.05) is 23.4 Å². The van der Waals surface area contributed by atoms with E-state index < -0.39 is 54.0 Å². The summed E-state index contributed by atoms with van der Waals surface area (Å²) in [6.45, 7) is 18.0. The number of anilines is 2. The zero-order valence-corrected chi connectivity index (χ0v) is 29.1. The zero-order chi connectivity index (χ0) is 36.5. The summed E-state index contributed by atoms with van der Waals surface area (Å²) in [5, 5.41) is 25.8. The molecule has 3 aromatic rings. The molecule has 1 saturated heterocycles. The minimum absolute atomic E-state index is 0.0441. The monoisotopic (exact) mass is 689 g/mol. The average molecular weight is 690 g/mol. The topological polar surface area (TPSA) is 164 Å². The number of aliphatic hydroxyl groups excluding tert-OH is 1. The molecule has 0 unspecified atom stereocenters. The number of carbonyl (C=O) groups excluding carboxylic acids is 4. The van der Waals surface area contributed by atoms with Crippen LogP contribution in [0.1, 0.15) is 59.9 Å². The van der Waals surface area contributed by atoms with E-state index in [9.17, 15) is 29.4 Å². The lowest BCUT2D eigenvalue weighted by Gasteiger charge is -2.34. The standard InChI is InChI=1S/C36H43N5O9/c1-35(2,3)49-33(46)41(34(47)50-36(4,5)6)20-23-16-24(11-13-27(23)37-7)38-30(43)28(42)29-32(45)40(14-15-48-29)25-12-10-22-19-39(18-21-8-9-21)31(44)26(22)17-25/h10-13,16-17,19,21,28-29,42,44H,8-9,14-15,18,20H2,1-6H3,(H,38,43)/t28-,29-/m1/s1. The van der Waals surface area contributed by atoms with Crippen LogP contribution in [-0.4, -0.2) is 80.2 Å². The maximum Gasteiger partial charge on any atom is 0.420 e. The molecule has 4 amide bonds. The van der Waals surface area contributed by atoms with Gasteiger partial charge in [0, 0.05) is 41.4 Å². The van der Waals surface area contributed by atoms with Gasteiger partial charge in [-0.25, -0.2) is 19.3 Å². The SMILES string of the molecule is [C-]#[N+]c1ccc(NC(=O)[C@H](O)[C@H]2OCCN(c3ccc4cn(CC5CC5)c(O)c4c3)C2=O)cc1CN(C(=O)OC(C)(C)C)C(=O)OC(C)(C)C. The molecule has 0 bridgehead atoms. The Morgan fingerprint density at radius 3 is 2.32 bits per heavy atom. The highest BCUT2D eigenvalue weighted by molar-refractivity contribution is 6.05. The Hall–Kier alpha value is -5.13. The molecule has 2 aromatic carbocycles. The van der Waals surface area contributed by atoms with Crippen LogP contribution < -0.4 is 10.2 Å². The number of carbonyl (C=O) groups is 4. The molecule has 14 nitrogen and oxygen atoms in total. The fraction of sp³-hybridized carbons (Fsp3) is 0.472. The van der Waals surface area contributed by atoms with Gasteiger partial charge in [-0.3, -0.25) is 9.59 Å². The molecule has 1 aliphatic carbocycles. The minimum atomic E-state index is -1.91. The Morgan fingerprint density at radius 2 is 1.72 bits per heavy atom. The lowest BCUT2D eigenvalue weighted by atomic mass is 10.1. The molecule has 5 rings (SSSR count). The van der Waals surface area contributed by atoms with Gasteiger partial charge in [0.05, 0.1) is 19.7 Å². The largest absolute Gasteiger partial charge is 0.494 e. The van der Waals surface area contributed by atoms with Crippen LogP contribution in [0.2, 0.25) is 0 Å². The Balaban J connectivity index is 1.31. The molecule has 2 atom stereocenters. The summed E-state index contributed by atoms with van der Waals surface area (Å²) in [5.41, 5.74) is -0.979. The number of hydrogen-bond acceptors (Lipinski definition) is 9. The maximum atomic E-state index is 13.6. The number of imide groups is 1. The molecular weight excluding hydrogens is 646 g/mol. The van der Waals surface area contributed by atoms with Crippen molar-refractivity contribution < 1.29 is 43.6 Å². The molecule has 2 heterocycles. The van der Waals surface area contributed by atoms with E-state index in [0.717, 1.165) is 29.7 Å². The van der Waals surface area contributed by atoms with Crippen LogP contribution in [0.3, 0.4) is 0 Å². The number of nitrogens with one attached hydrogen (secondary N) is 1. The summed E-state index contributed by atoms with van der Waals surface area (Å²) in [5.74, 6) is -0.912. The normalized spacial score (nSPS) is 17.2. The van der Waals surface area contributed by atoms with Crippen LogP contribution in [0.4, 0.5) is 26.7 Å². The van der Waals surface area contributed by atoms with Gasteiger partial charge in [-0.05, 0) is 90.1 Å². The lowest BCUT2D eigenvalue weighted by molar-refractivity contribution is -0.150. The molecule has 50 heavy (non-hydrogen) atoms. The van der Waals surface area contributed by atoms with Crippen molar-refractivity contribution in [1.82, 2.24) is 9.47 Å². The van der Waals surface area contributed by atoms with E-state index in [4.69, 9.17) is 20.8 Å². The van der Waals surface area contributed by atoms with E-state index in [1.807, 2.05) is 16.8 Å². The van der Waals surface area contributed by atoms with Gasteiger partial charge in [0.2, 0.25) is 0 Å². The molecule has 0 spiro atoms. The molecule has 1 aliphatic heterocycles. The van der Waals surface area contributed by atoms with E-state index in [1.54, 1.807) is 53.7 Å². The number of nitrogens with zero attached hydrogens (tertiary/aromatic N) is 4. The lowest BCUT2D eigenvalue weighted by Crippen LogP contribution is -2.55. The van der Waals surface area contributed by atoms with Gasteiger partial charge in [-0.15, -0.1) is 0 Å². The van der Waals surface area contributed by atoms with E-state index in [2.05, 4.69) is 10.2 Å². The van der Waals surface area contributed by atoms with Crippen molar-refractivity contribution in [3.63, 3.8) is 0 Å². The number of ether oxygens (including phenoxy) is 3. The first kappa shape index (κ1) is 36.2. The number of aliphatic hydroxyl groups is 1. The first-order valence-corrected chi connectivity index (χ1v) is 16.4. The predicted octanol–water partition coefficient (Wildman–Crippen LogP) is 5.71. The number of hydrogen-bond donors (Lipinski definition) is 3. The van der Waals surface area contributed by atoms with Crippen molar-refractivity contribution in [3.8, 4) is 5.88 Å². The van der Waals surface area contributed by atoms with Gasteiger partial charge in [0.25, 0.3) is 11.8 Å². The fourth-order valence-electron chi connectivity index (χ4n) is 5.47. The van der Waals surface area contributed by atoms with Gasteiger partial charge >= 0.3 is 12.2 Å². The van der Waals surface area contributed by atoms with Gasteiger partial charge in [0.15, 0.2) is 23.8 Å².